The molecule has 0 bridgehead atoms. The molecule has 0 atom stereocenters. The zero-order chi connectivity index (χ0) is 21.6. The highest BCUT2D eigenvalue weighted by atomic mass is 16.5. The van der Waals surface area contributed by atoms with Crippen molar-refractivity contribution in [1.82, 2.24) is 9.97 Å². The van der Waals surface area contributed by atoms with E-state index in [1.54, 1.807) is 54.7 Å². The van der Waals surface area contributed by atoms with Crippen molar-refractivity contribution in [2.24, 2.45) is 5.73 Å². The zero-order valence-corrected chi connectivity index (χ0v) is 17.0. The number of nitrogens with two attached hydrogens (primary N) is 1. The van der Waals surface area contributed by atoms with E-state index in [-0.39, 0.29) is 5.91 Å². The molecule has 1 aliphatic heterocycles. The first-order chi connectivity index (χ1) is 15.1. The van der Waals surface area contributed by atoms with Crippen molar-refractivity contribution in [2.75, 3.05) is 23.3 Å². The number of amides is 2. The number of nitrogens with one attached hydrogen (secondary N) is 1. The second kappa shape index (κ2) is 9.25. The lowest BCUT2D eigenvalue weighted by Gasteiger charge is -2.29. The minimum absolute atomic E-state index is 0.238. The lowest BCUT2D eigenvalue weighted by Crippen LogP contribution is -2.32. The smallest absolute Gasteiger partial charge is 0.259 e. The molecule has 3 heterocycles. The molecular formula is C23H23N5O3. The van der Waals surface area contributed by atoms with Gasteiger partial charge in [-0.05, 0) is 55.7 Å². The molecule has 0 aliphatic carbocycles. The normalized spacial score (nSPS) is 13.5. The van der Waals surface area contributed by atoms with Gasteiger partial charge in [-0.1, -0.05) is 6.07 Å². The number of hydrogen-bond acceptors (Lipinski definition) is 6. The number of carbonyl (C=O) groups is 2. The van der Waals surface area contributed by atoms with Gasteiger partial charge in [0.25, 0.3) is 5.91 Å². The highest BCUT2D eigenvalue weighted by Crippen LogP contribution is 2.24. The standard InChI is InChI=1S/C23H23N5O3/c24-21(29)16-6-4-7-18(14-16)31-20-10-9-17(15-26-20)27-23(30)19-8-5-11-25-22(19)28-12-2-1-3-13-28/h4-11,14-15H,1-3,12-13H2,(H2,24,29)(H,27,30). The molecule has 2 amide bonds. The maximum absolute atomic E-state index is 12.9. The van der Waals surface area contributed by atoms with Crippen LogP contribution in [0.2, 0.25) is 0 Å². The number of aromatic nitrogens is 2. The summed E-state index contributed by atoms with van der Waals surface area (Å²) in [6, 6.07) is 13.4. The summed E-state index contributed by atoms with van der Waals surface area (Å²) in [7, 11) is 0. The van der Waals surface area contributed by atoms with Gasteiger partial charge in [0, 0.05) is 30.9 Å². The number of primary amides is 1. The van der Waals surface area contributed by atoms with Gasteiger partial charge in [-0.3, -0.25) is 9.59 Å². The third-order valence-corrected chi connectivity index (χ3v) is 5.02. The molecule has 0 saturated carbocycles. The van der Waals surface area contributed by atoms with Crippen LogP contribution < -0.4 is 20.7 Å². The van der Waals surface area contributed by atoms with Crippen LogP contribution in [0, 0.1) is 0 Å². The first-order valence-electron chi connectivity index (χ1n) is 10.2. The van der Waals surface area contributed by atoms with Crippen LogP contribution in [0.4, 0.5) is 11.5 Å². The summed E-state index contributed by atoms with van der Waals surface area (Å²) < 4.78 is 5.66. The van der Waals surface area contributed by atoms with Gasteiger partial charge in [-0.2, -0.15) is 0 Å². The number of rotatable bonds is 6. The van der Waals surface area contributed by atoms with Crippen LogP contribution in [-0.2, 0) is 0 Å². The van der Waals surface area contributed by atoms with Crippen molar-refractivity contribution in [3.63, 3.8) is 0 Å². The Morgan fingerprint density at radius 1 is 1.00 bits per heavy atom. The van der Waals surface area contributed by atoms with Gasteiger partial charge in [-0.15, -0.1) is 0 Å². The summed E-state index contributed by atoms with van der Waals surface area (Å²) in [5.74, 6) is 0.716. The largest absolute Gasteiger partial charge is 0.439 e. The van der Waals surface area contributed by atoms with Crippen LogP contribution in [0.3, 0.4) is 0 Å². The Kier molecular flexibility index (Phi) is 6.07. The van der Waals surface area contributed by atoms with Crippen molar-refractivity contribution in [2.45, 2.75) is 19.3 Å². The van der Waals surface area contributed by atoms with E-state index in [2.05, 4.69) is 20.2 Å². The highest BCUT2D eigenvalue weighted by molar-refractivity contribution is 6.07. The van der Waals surface area contributed by atoms with E-state index < -0.39 is 5.91 Å². The fraction of sp³-hybridized carbons (Fsp3) is 0.217. The minimum atomic E-state index is -0.532. The van der Waals surface area contributed by atoms with Gasteiger partial charge in [0.2, 0.25) is 11.8 Å². The second-order valence-corrected chi connectivity index (χ2v) is 7.26. The number of piperidine rings is 1. The third-order valence-electron chi connectivity index (χ3n) is 5.02. The lowest BCUT2D eigenvalue weighted by molar-refractivity contribution is 0.0997. The predicted molar refractivity (Wildman–Crippen MR) is 118 cm³/mol. The van der Waals surface area contributed by atoms with Crippen LogP contribution in [0.15, 0.2) is 60.9 Å². The Morgan fingerprint density at radius 3 is 2.58 bits per heavy atom. The predicted octanol–water partition coefficient (Wildman–Crippen LogP) is 3.61. The van der Waals surface area contributed by atoms with Crippen molar-refractivity contribution in [3.8, 4) is 11.6 Å². The van der Waals surface area contributed by atoms with Crippen LogP contribution >= 0.6 is 0 Å². The van der Waals surface area contributed by atoms with E-state index in [9.17, 15) is 9.59 Å². The topological polar surface area (TPSA) is 110 Å². The molecule has 31 heavy (non-hydrogen) atoms. The Morgan fingerprint density at radius 2 is 1.84 bits per heavy atom. The average Bonchev–Trinajstić information content (AvgIpc) is 2.81. The molecule has 0 unspecified atom stereocenters. The highest BCUT2D eigenvalue weighted by Gasteiger charge is 2.19. The molecule has 158 valence electrons. The average molecular weight is 417 g/mol. The maximum Gasteiger partial charge on any atom is 0.259 e. The van der Waals surface area contributed by atoms with Crippen molar-refractivity contribution in [1.29, 1.82) is 0 Å². The molecule has 0 spiro atoms. The number of anilines is 2. The fourth-order valence-electron chi connectivity index (χ4n) is 3.48. The summed E-state index contributed by atoms with van der Waals surface area (Å²) in [4.78, 5) is 35.0. The van der Waals surface area contributed by atoms with E-state index in [0.29, 0.717) is 34.3 Å². The Balaban J connectivity index is 1.44. The van der Waals surface area contributed by atoms with Crippen LogP contribution in [-0.4, -0.2) is 34.9 Å². The van der Waals surface area contributed by atoms with Gasteiger partial charge in [-0.25, -0.2) is 9.97 Å². The summed E-state index contributed by atoms with van der Waals surface area (Å²) >= 11 is 0. The number of hydrogen-bond donors (Lipinski definition) is 2. The monoisotopic (exact) mass is 417 g/mol. The molecule has 1 fully saturated rings. The van der Waals surface area contributed by atoms with Crippen LogP contribution in [0.25, 0.3) is 0 Å². The molecule has 8 nitrogen and oxygen atoms in total. The number of carbonyl (C=O) groups excluding carboxylic acids is 2. The Labute approximate surface area is 180 Å². The van der Waals surface area contributed by atoms with Gasteiger partial charge in [0.1, 0.15) is 11.6 Å². The maximum atomic E-state index is 12.9. The van der Waals surface area contributed by atoms with Gasteiger partial charge in [0.05, 0.1) is 17.4 Å². The van der Waals surface area contributed by atoms with E-state index >= 15 is 0 Å². The van der Waals surface area contributed by atoms with Crippen LogP contribution in [0.1, 0.15) is 40.0 Å². The van der Waals surface area contributed by atoms with E-state index in [4.69, 9.17) is 10.5 Å². The van der Waals surface area contributed by atoms with Gasteiger partial charge < -0.3 is 20.7 Å². The second-order valence-electron chi connectivity index (χ2n) is 7.26. The molecule has 3 N–H and O–H groups in total. The third kappa shape index (κ3) is 4.98. The van der Waals surface area contributed by atoms with E-state index in [0.717, 1.165) is 25.9 Å². The number of nitrogens with zero attached hydrogens (tertiary/aromatic N) is 3. The summed E-state index contributed by atoms with van der Waals surface area (Å²) in [5, 5.41) is 2.87. The van der Waals surface area contributed by atoms with Gasteiger partial charge in [0.15, 0.2) is 0 Å². The Bertz CT molecular complexity index is 1080. The molecule has 8 heteroatoms. The molecular weight excluding hydrogens is 394 g/mol. The van der Waals surface area contributed by atoms with Crippen LogP contribution in [0.5, 0.6) is 11.6 Å². The molecule has 1 saturated heterocycles. The molecule has 1 aliphatic rings. The number of benzene rings is 1. The molecule has 2 aromatic heterocycles. The zero-order valence-electron chi connectivity index (χ0n) is 17.0. The van der Waals surface area contributed by atoms with Gasteiger partial charge >= 0.3 is 0 Å². The summed E-state index contributed by atoms with van der Waals surface area (Å²) in [6.07, 6.45) is 6.64. The first-order valence-corrected chi connectivity index (χ1v) is 10.2. The first kappa shape index (κ1) is 20.3. The molecule has 1 aromatic carbocycles. The number of pyridine rings is 2. The van der Waals surface area contributed by atoms with Crippen molar-refractivity contribution in [3.05, 3.63) is 72.1 Å². The number of ether oxygens (including phenoxy) is 1. The summed E-state index contributed by atoms with van der Waals surface area (Å²) in [5.41, 5.74) is 6.71. The van der Waals surface area contributed by atoms with E-state index in [1.165, 1.54) is 12.6 Å². The Hall–Kier alpha value is -3.94. The quantitative estimate of drug-likeness (QED) is 0.634. The fourth-order valence-corrected chi connectivity index (χ4v) is 3.48. The lowest BCUT2D eigenvalue weighted by atomic mass is 10.1. The molecule has 3 aromatic rings. The SMILES string of the molecule is NC(=O)c1cccc(Oc2ccc(NC(=O)c3cccnc3N3CCCCC3)cn2)c1. The summed E-state index contributed by atoms with van der Waals surface area (Å²) in [6.45, 7) is 1.81. The van der Waals surface area contributed by atoms with Crippen molar-refractivity contribution < 1.29 is 14.3 Å². The van der Waals surface area contributed by atoms with Crippen molar-refractivity contribution >= 4 is 23.3 Å². The molecule has 0 radical (unpaired) electrons. The minimum Gasteiger partial charge on any atom is -0.439 e. The molecule has 4 rings (SSSR count). The van der Waals surface area contributed by atoms with E-state index in [1.807, 2.05) is 0 Å².